The van der Waals surface area contributed by atoms with E-state index in [2.05, 4.69) is 39.2 Å². The normalized spacial score (nSPS) is 11.7. The highest BCUT2D eigenvalue weighted by atomic mass is 35.5. The first-order valence-corrected chi connectivity index (χ1v) is 8.93. The van der Waals surface area contributed by atoms with Crippen molar-refractivity contribution in [2.24, 2.45) is 27.2 Å². The second-order valence-electron chi connectivity index (χ2n) is 6.06. The smallest absolute Gasteiger partial charge is 0.223 e. The minimum Gasteiger partial charge on any atom is -0.370 e. The van der Waals surface area contributed by atoms with Crippen molar-refractivity contribution in [3.8, 4) is 5.69 Å². The van der Waals surface area contributed by atoms with E-state index in [1.54, 1.807) is 16.9 Å². The first-order chi connectivity index (χ1) is 13.0. The number of rotatable bonds is 5. The van der Waals surface area contributed by atoms with Gasteiger partial charge in [0, 0.05) is 0 Å². The Kier molecular flexibility index (Phi) is 5.56. The van der Waals surface area contributed by atoms with Gasteiger partial charge in [-0.15, -0.1) is 10.2 Å². The van der Waals surface area contributed by atoms with E-state index in [1.807, 2.05) is 12.1 Å². The minimum atomic E-state index is -0.179. The summed E-state index contributed by atoms with van der Waals surface area (Å²) < 4.78 is 0. The summed E-state index contributed by atoms with van der Waals surface area (Å²) in [6, 6.07) is 11.6. The van der Waals surface area contributed by atoms with Crippen LogP contribution < -0.4 is 17.2 Å². The lowest BCUT2D eigenvalue weighted by molar-refractivity contribution is 0.762. The van der Waals surface area contributed by atoms with Gasteiger partial charge in [0.15, 0.2) is 5.96 Å². The zero-order valence-corrected chi connectivity index (χ0v) is 15.7. The van der Waals surface area contributed by atoms with E-state index in [0.717, 1.165) is 12.1 Å². The van der Waals surface area contributed by atoms with Crippen LogP contribution in [0.1, 0.15) is 25.3 Å². The molecule has 0 bridgehead atoms. The van der Waals surface area contributed by atoms with Crippen molar-refractivity contribution in [2.45, 2.75) is 26.2 Å². The number of aliphatic imine (C=N–C) groups is 2. The van der Waals surface area contributed by atoms with E-state index >= 15 is 0 Å². The van der Waals surface area contributed by atoms with E-state index in [0.29, 0.717) is 21.7 Å². The van der Waals surface area contributed by atoms with Crippen molar-refractivity contribution in [3.05, 3.63) is 47.0 Å². The highest BCUT2D eigenvalue weighted by Gasteiger charge is 2.10. The lowest BCUT2D eigenvalue weighted by Gasteiger charge is -2.02. The molecular weight excluding hydrogens is 364 g/mol. The predicted molar refractivity (Wildman–Crippen MR) is 110 cm³/mol. The van der Waals surface area contributed by atoms with Crippen LogP contribution in [-0.4, -0.2) is 26.9 Å². The summed E-state index contributed by atoms with van der Waals surface area (Å²) in [5, 5.41) is 9.35. The lowest BCUT2D eigenvalue weighted by Crippen LogP contribution is -2.26. The SMILES string of the molecule is CCCCc1ccc(-n2nc3cc(Cl)c(N=C(N)N=C(N)N)cc3n2)cc1. The zero-order chi connectivity index (χ0) is 19.4. The zero-order valence-electron chi connectivity index (χ0n) is 14.9. The summed E-state index contributed by atoms with van der Waals surface area (Å²) in [5.41, 5.74) is 20.1. The Balaban J connectivity index is 1.92. The van der Waals surface area contributed by atoms with Crippen LogP contribution in [0.3, 0.4) is 0 Å². The lowest BCUT2D eigenvalue weighted by atomic mass is 10.1. The molecule has 0 unspecified atom stereocenters. The van der Waals surface area contributed by atoms with Gasteiger partial charge in [-0.1, -0.05) is 37.1 Å². The Morgan fingerprint density at radius 1 is 1.07 bits per heavy atom. The number of unbranched alkanes of at least 4 members (excludes halogenated alkanes) is 1. The fraction of sp³-hybridized carbons (Fsp3) is 0.222. The predicted octanol–water partition coefficient (Wildman–Crippen LogP) is 2.64. The average molecular weight is 385 g/mol. The van der Waals surface area contributed by atoms with Crippen LogP contribution in [0, 0.1) is 0 Å². The fourth-order valence-corrected chi connectivity index (χ4v) is 2.79. The van der Waals surface area contributed by atoms with Crippen molar-refractivity contribution in [3.63, 3.8) is 0 Å². The molecule has 0 amide bonds. The number of aromatic nitrogens is 3. The summed E-state index contributed by atoms with van der Waals surface area (Å²) >= 11 is 6.26. The number of nitrogens with two attached hydrogens (primary N) is 3. The summed E-state index contributed by atoms with van der Waals surface area (Å²) in [6.45, 7) is 2.18. The van der Waals surface area contributed by atoms with Crippen molar-refractivity contribution >= 4 is 40.2 Å². The van der Waals surface area contributed by atoms with Crippen LogP contribution in [0.2, 0.25) is 5.02 Å². The van der Waals surface area contributed by atoms with Gasteiger partial charge in [-0.3, -0.25) is 0 Å². The molecule has 0 saturated carbocycles. The Morgan fingerprint density at radius 3 is 2.37 bits per heavy atom. The van der Waals surface area contributed by atoms with Crippen molar-refractivity contribution < 1.29 is 0 Å². The Labute approximate surface area is 161 Å². The van der Waals surface area contributed by atoms with Gasteiger partial charge in [-0.2, -0.15) is 9.79 Å². The molecule has 6 N–H and O–H groups in total. The molecule has 0 aliphatic carbocycles. The third kappa shape index (κ3) is 4.53. The summed E-state index contributed by atoms with van der Waals surface area (Å²) in [5.74, 6) is -0.270. The number of nitrogens with zero attached hydrogens (tertiary/aromatic N) is 5. The van der Waals surface area contributed by atoms with Gasteiger partial charge in [-0.05, 0) is 42.7 Å². The van der Waals surface area contributed by atoms with Crippen LogP contribution in [-0.2, 0) is 6.42 Å². The monoisotopic (exact) mass is 384 g/mol. The fourth-order valence-electron chi connectivity index (χ4n) is 2.59. The van der Waals surface area contributed by atoms with Gasteiger partial charge in [0.05, 0.1) is 16.4 Å². The number of hydrogen-bond acceptors (Lipinski definition) is 3. The minimum absolute atomic E-state index is 0.0914. The first-order valence-electron chi connectivity index (χ1n) is 8.56. The highest BCUT2D eigenvalue weighted by Crippen LogP contribution is 2.29. The molecule has 0 fully saturated rings. The number of benzene rings is 2. The Morgan fingerprint density at radius 2 is 1.74 bits per heavy atom. The first kappa shape index (κ1) is 18.7. The highest BCUT2D eigenvalue weighted by molar-refractivity contribution is 6.33. The van der Waals surface area contributed by atoms with Crippen molar-refractivity contribution in [1.82, 2.24) is 15.0 Å². The average Bonchev–Trinajstić information content (AvgIpc) is 3.02. The van der Waals surface area contributed by atoms with Gasteiger partial charge in [0.25, 0.3) is 0 Å². The quantitative estimate of drug-likeness (QED) is 0.459. The topological polar surface area (TPSA) is 133 Å². The molecule has 0 spiro atoms. The molecule has 9 heteroatoms. The maximum Gasteiger partial charge on any atom is 0.223 e. The van der Waals surface area contributed by atoms with E-state index < -0.39 is 0 Å². The van der Waals surface area contributed by atoms with Crippen LogP contribution in [0.25, 0.3) is 16.7 Å². The summed E-state index contributed by atoms with van der Waals surface area (Å²) in [6.07, 6.45) is 3.42. The maximum atomic E-state index is 6.26. The molecule has 2 aromatic carbocycles. The molecule has 140 valence electrons. The van der Waals surface area contributed by atoms with E-state index in [9.17, 15) is 0 Å². The molecule has 0 aliphatic heterocycles. The van der Waals surface area contributed by atoms with Crippen LogP contribution in [0.15, 0.2) is 46.4 Å². The third-order valence-electron chi connectivity index (χ3n) is 3.91. The largest absolute Gasteiger partial charge is 0.370 e. The molecule has 0 saturated heterocycles. The molecule has 0 atom stereocenters. The van der Waals surface area contributed by atoms with Gasteiger partial charge in [0.1, 0.15) is 11.0 Å². The Hall–Kier alpha value is -3.13. The van der Waals surface area contributed by atoms with Gasteiger partial charge in [-0.25, -0.2) is 4.99 Å². The van der Waals surface area contributed by atoms with Crippen LogP contribution >= 0.6 is 11.6 Å². The standard InChI is InChI=1S/C18H21ClN8/c1-2-3-4-11-5-7-12(8-6-11)27-25-15-9-13(19)14(10-16(15)26-27)23-18(22)24-17(20)21/h5-10H,2-4H2,1H3,(H6,20,21,22,23,24). The molecule has 0 aliphatic rings. The molecular formula is C18H21ClN8. The van der Waals surface area contributed by atoms with Crippen molar-refractivity contribution in [2.75, 3.05) is 0 Å². The molecule has 1 aromatic heterocycles. The molecule has 1 heterocycles. The van der Waals surface area contributed by atoms with Gasteiger partial charge >= 0.3 is 0 Å². The van der Waals surface area contributed by atoms with Crippen LogP contribution in [0.5, 0.6) is 0 Å². The number of halogens is 1. The number of guanidine groups is 2. The molecule has 0 radical (unpaired) electrons. The summed E-state index contributed by atoms with van der Waals surface area (Å²) in [4.78, 5) is 9.35. The number of aryl methyl sites for hydroxylation is 1. The molecule has 8 nitrogen and oxygen atoms in total. The van der Waals surface area contributed by atoms with E-state index in [-0.39, 0.29) is 11.9 Å². The third-order valence-corrected chi connectivity index (χ3v) is 4.22. The van der Waals surface area contributed by atoms with E-state index in [1.165, 1.54) is 18.4 Å². The summed E-state index contributed by atoms with van der Waals surface area (Å²) in [7, 11) is 0. The second kappa shape index (κ2) is 8.05. The van der Waals surface area contributed by atoms with Gasteiger partial charge < -0.3 is 17.2 Å². The maximum absolute atomic E-state index is 6.26. The van der Waals surface area contributed by atoms with E-state index in [4.69, 9.17) is 28.8 Å². The number of fused-ring (bicyclic) bond motifs is 1. The van der Waals surface area contributed by atoms with Crippen LogP contribution in [0.4, 0.5) is 5.69 Å². The Bertz CT molecular complexity index is 1000. The van der Waals surface area contributed by atoms with Gasteiger partial charge in [0.2, 0.25) is 5.96 Å². The molecule has 27 heavy (non-hydrogen) atoms. The second-order valence-corrected chi connectivity index (χ2v) is 6.47. The molecule has 3 rings (SSSR count). The molecule has 3 aromatic rings. The number of hydrogen-bond donors (Lipinski definition) is 3. The van der Waals surface area contributed by atoms with Crippen molar-refractivity contribution in [1.29, 1.82) is 0 Å².